The van der Waals surface area contributed by atoms with Crippen molar-refractivity contribution in [1.82, 2.24) is 24.3 Å². The van der Waals surface area contributed by atoms with E-state index in [1.807, 2.05) is 6.92 Å². The quantitative estimate of drug-likeness (QED) is 0.105. The van der Waals surface area contributed by atoms with Gasteiger partial charge in [0.05, 0.1) is 35.8 Å². The number of aryl methyl sites for hydroxylation is 1. The summed E-state index contributed by atoms with van der Waals surface area (Å²) >= 11 is 0. The van der Waals surface area contributed by atoms with E-state index in [1.165, 1.54) is 64.3 Å². The Kier molecular flexibility index (Phi) is 11.8. The third-order valence-corrected chi connectivity index (χ3v) is 11.8. The largest absolute Gasteiger partial charge is 0.496 e. The fraction of sp³-hybridized carbons (Fsp3) is 0.476. The van der Waals surface area contributed by atoms with Gasteiger partial charge < -0.3 is 35.2 Å². The van der Waals surface area contributed by atoms with Crippen LogP contribution in [0.1, 0.15) is 104 Å². The molecule has 0 radical (unpaired) electrons. The molecule has 3 aromatic heterocycles. The van der Waals surface area contributed by atoms with Crippen LogP contribution in [0.15, 0.2) is 53.7 Å². The Morgan fingerprint density at radius 3 is 2.45 bits per heavy atom. The normalized spacial score (nSPS) is 18.3. The lowest BCUT2D eigenvalue weighted by atomic mass is 9.87. The predicted molar refractivity (Wildman–Crippen MR) is 218 cm³/mol. The average molecular weight is 764 g/mol. The molecule has 2 aliphatic carbocycles. The fourth-order valence-corrected chi connectivity index (χ4v) is 8.42. The number of urea groups is 1. The van der Waals surface area contributed by atoms with E-state index in [0.717, 1.165) is 73.2 Å². The first-order valence-corrected chi connectivity index (χ1v) is 20.0. The van der Waals surface area contributed by atoms with Crippen LogP contribution in [0, 0.1) is 18.3 Å². The molecule has 4 fully saturated rings. The van der Waals surface area contributed by atoms with Gasteiger partial charge in [-0.1, -0.05) is 32.1 Å². The summed E-state index contributed by atoms with van der Waals surface area (Å²) in [7, 11) is 1.43. The Hall–Kier alpha value is -5.50. The maximum Gasteiger partial charge on any atom is 0.328 e. The van der Waals surface area contributed by atoms with E-state index in [2.05, 4.69) is 37.3 Å². The van der Waals surface area contributed by atoms with Crippen LogP contribution >= 0.6 is 0 Å². The van der Waals surface area contributed by atoms with Gasteiger partial charge in [0.2, 0.25) is 5.91 Å². The number of aromatic nitrogens is 3. The third-order valence-electron chi connectivity index (χ3n) is 11.8. The summed E-state index contributed by atoms with van der Waals surface area (Å²) in [5.41, 5.74) is 9.64. The van der Waals surface area contributed by atoms with Gasteiger partial charge in [-0.25, -0.2) is 4.79 Å². The number of pyridine rings is 2. The maximum atomic E-state index is 12.6. The van der Waals surface area contributed by atoms with Crippen molar-refractivity contribution < 1.29 is 19.1 Å². The van der Waals surface area contributed by atoms with E-state index in [-0.39, 0.29) is 40.5 Å². The molecule has 8 rings (SSSR count). The summed E-state index contributed by atoms with van der Waals surface area (Å²) in [5.74, 6) is 0.536. The molecule has 0 bridgehead atoms. The lowest BCUT2D eigenvalue weighted by Gasteiger charge is -2.34. The van der Waals surface area contributed by atoms with Gasteiger partial charge in [0, 0.05) is 79.5 Å². The van der Waals surface area contributed by atoms with E-state index in [9.17, 15) is 19.2 Å². The first-order chi connectivity index (χ1) is 27.1. The Balaban J connectivity index is 0.000000179. The zero-order valence-corrected chi connectivity index (χ0v) is 32.4. The van der Waals surface area contributed by atoms with Crippen LogP contribution in [-0.2, 0) is 4.79 Å². The molecule has 56 heavy (non-hydrogen) atoms. The number of nitrogen functional groups attached to an aromatic ring is 1. The highest BCUT2D eigenvalue weighted by Crippen LogP contribution is 2.36. The highest BCUT2D eigenvalue weighted by atomic mass is 16.5. The van der Waals surface area contributed by atoms with E-state index in [1.54, 1.807) is 34.0 Å². The number of nitrogens with zero attached hydrogens (tertiary/aromatic N) is 5. The van der Waals surface area contributed by atoms with Gasteiger partial charge in [-0.3, -0.25) is 29.6 Å². The minimum atomic E-state index is -0.486. The monoisotopic (exact) mass is 763 g/mol. The molecule has 4 amide bonds. The number of methoxy groups -OCH3 is 1. The number of nitrogens with one attached hydrogen (secondary N) is 3. The second-order valence-electron chi connectivity index (χ2n) is 15.5. The number of piperidine rings is 1. The molecule has 1 aromatic carbocycles. The molecule has 4 aromatic rings. The highest BCUT2D eigenvalue weighted by Gasteiger charge is 2.29. The number of rotatable bonds is 10. The summed E-state index contributed by atoms with van der Waals surface area (Å²) in [6.07, 6.45) is 19.8. The number of fused-ring (bicyclic) bond motifs is 1. The van der Waals surface area contributed by atoms with Crippen LogP contribution in [0.2, 0.25) is 0 Å². The summed E-state index contributed by atoms with van der Waals surface area (Å²) < 4.78 is 9.21. The Bertz CT molecular complexity index is 2160. The standard InChI is InChI=1S/C25H35N5O2.C17H18N4O3/c1-18-24-21(22(17-26-18)30-16-11-23(31)27-25(30)32)10-15-29(24)20-8-13-28(14-9-20)12-7-19-5-3-2-4-6-19;1-24-15-8-13(19)10(9-18)7-12(15)16(22)20-14-3-2-6-21(17(14)23)11-4-5-11/h10,15,17,19-20H,2-9,11-14,16H2,1H3,(H,27,31,32);2-3,6-9,11,18H,4-5,19H2,1H3,(H,20,22). The highest BCUT2D eigenvalue weighted by molar-refractivity contribution is 6.10. The molecule has 4 aliphatic rings. The van der Waals surface area contributed by atoms with Gasteiger partial charge in [0.1, 0.15) is 11.4 Å². The number of hydrogen-bond acceptors (Lipinski definition) is 9. The number of nitrogens with two attached hydrogens (primary N) is 1. The molecular weight excluding hydrogens is 711 g/mol. The number of amides is 4. The van der Waals surface area contributed by atoms with Crippen molar-refractivity contribution in [3.8, 4) is 5.75 Å². The predicted octanol–water partition coefficient (Wildman–Crippen LogP) is 6.42. The van der Waals surface area contributed by atoms with Crippen molar-refractivity contribution in [1.29, 1.82) is 5.41 Å². The molecule has 14 heteroatoms. The number of imide groups is 1. The fourth-order valence-electron chi connectivity index (χ4n) is 8.42. The SMILES string of the molecule is COc1cc(N)c(C=N)cc1C(=O)Nc1cccn(C2CC2)c1=O.Cc1ncc(N2CCC(=O)NC2=O)c2ccn(C3CCN(CCC4CCCCC4)CC3)c12. The first kappa shape index (κ1) is 38.8. The number of carbonyl (C=O) groups is 3. The molecule has 5 N–H and O–H groups in total. The second-order valence-corrected chi connectivity index (χ2v) is 15.5. The molecule has 2 saturated heterocycles. The lowest BCUT2D eigenvalue weighted by Crippen LogP contribution is -2.49. The molecule has 14 nitrogen and oxygen atoms in total. The molecule has 0 spiro atoms. The topological polar surface area (TPSA) is 181 Å². The zero-order valence-electron chi connectivity index (χ0n) is 32.4. The van der Waals surface area contributed by atoms with Crippen molar-refractivity contribution in [3.63, 3.8) is 0 Å². The van der Waals surface area contributed by atoms with Gasteiger partial charge in [0.25, 0.3) is 11.5 Å². The van der Waals surface area contributed by atoms with Gasteiger partial charge >= 0.3 is 6.03 Å². The smallest absolute Gasteiger partial charge is 0.328 e. The number of hydrogen-bond donors (Lipinski definition) is 4. The van der Waals surface area contributed by atoms with E-state index in [0.29, 0.717) is 30.3 Å². The minimum Gasteiger partial charge on any atom is -0.496 e. The molecule has 2 saturated carbocycles. The zero-order chi connectivity index (χ0) is 39.3. The molecule has 296 valence electrons. The maximum absolute atomic E-state index is 12.6. The summed E-state index contributed by atoms with van der Waals surface area (Å²) in [4.78, 5) is 57.9. The number of anilines is 3. The average Bonchev–Trinajstić information content (AvgIpc) is 3.96. The van der Waals surface area contributed by atoms with Gasteiger partial charge in [-0.05, 0) is 75.8 Å². The Labute approximate surface area is 326 Å². The van der Waals surface area contributed by atoms with Gasteiger partial charge in [0.15, 0.2) is 0 Å². The van der Waals surface area contributed by atoms with Crippen molar-refractivity contribution in [2.45, 2.75) is 89.6 Å². The number of carbonyl (C=O) groups excluding carboxylic acids is 3. The molecule has 0 atom stereocenters. The molecule has 0 unspecified atom stereocenters. The van der Waals surface area contributed by atoms with Gasteiger partial charge in [-0.15, -0.1) is 0 Å². The van der Waals surface area contributed by atoms with E-state index >= 15 is 0 Å². The van der Waals surface area contributed by atoms with Crippen molar-refractivity contribution in [3.05, 3.63) is 76.1 Å². The second kappa shape index (κ2) is 17.1. The van der Waals surface area contributed by atoms with Crippen LogP contribution in [0.3, 0.4) is 0 Å². The Morgan fingerprint density at radius 1 is 1.00 bits per heavy atom. The molecule has 5 heterocycles. The molecule has 2 aliphatic heterocycles. The van der Waals surface area contributed by atoms with Crippen molar-refractivity contribution in [2.24, 2.45) is 5.92 Å². The summed E-state index contributed by atoms with van der Waals surface area (Å²) in [5, 5.41) is 13.5. The number of ether oxygens (including phenoxy) is 1. The van der Waals surface area contributed by atoms with Crippen molar-refractivity contribution in [2.75, 3.05) is 49.2 Å². The van der Waals surface area contributed by atoms with Gasteiger partial charge in [-0.2, -0.15) is 0 Å². The van der Waals surface area contributed by atoms with E-state index in [4.69, 9.17) is 15.9 Å². The van der Waals surface area contributed by atoms with Crippen LogP contribution in [-0.4, -0.2) is 76.4 Å². The van der Waals surface area contributed by atoms with Crippen LogP contribution in [0.4, 0.5) is 21.9 Å². The summed E-state index contributed by atoms with van der Waals surface area (Å²) in [6.45, 7) is 5.99. The first-order valence-electron chi connectivity index (χ1n) is 20.0. The van der Waals surface area contributed by atoms with Crippen molar-refractivity contribution >= 4 is 52.0 Å². The minimum absolute atomic E-state index is 0.213. The third kappa shape index (κ3) is 8.49. The lowest BCUT2D eigenvalue weighted by molar-refractivity contribution is -0.120. The van der Waals surface area contributed by atoms with Crippen LogP contribution in [0.25, 0.3) is 10.9 Å². The summed E-state index contributed by atoms with van der Waals surface area (Å²) in [6, 6.07) is 8.71. The number of benzene rings is 1. The number of likely N-dealkylation sites (tertiary alicyclic amines) is 1. The van der Waals surface area contributed by atoms with Crippen LogP contribution in [0.5, 0.6) is 5.75 Å². The molecular formula is C42H53N9O5. The van der Waals surface area contributed by atoms with Crippen LogP contribution < -0.4 is 31.6 Å². The Morgan fingerprint density at radius 2 is 1.75 bits per heavy atom. The van der Waals surface area contributed by atoms with E-state index < -0.39 is 5.91 Å².